The molecule has 1 saturated heterocycles. The van der Waals surface area contributed by atoms with Crippen molar-refractivity contribution in [3.05, 3.63) is 47.0 Å². The molecule has 1 aromatic carbocycles. The van der Waals surface area contributed by atoms with Crippen molar-refractivity contribution in [1.29, 1.82) is 10.7 Å². The second kappa shape index (κ2) is 9.72. The fraction of sp³-hybridized carbons (Fsp3) is 0.552. The van der Waals surface area contributed by atoms with Crippen LogP contribution >= 0.6 is 0 Å². The topological polar surface area (TPSA) is 97.4 Å². The van der Waals surface area contributed by atoms with Gasteiger partial charge in [0.15, 0.2) is 6.10 Å². The molecule has 0 aromatic heterocycles. The summed E-state index contributed by atoms with van der Waals surface area (Å²) in [6.45, 7) is 15.5. The number of hydrogen-bond acceptors (Lipinski definition) is 5. The van der Waals surface area contributed by atoms with Crippen LogP contribution in [0.25, 0.3) is 11.6 Å². The van der Waals surface area contributed by atoms with Gasteiger partial charge < -0.3 is 15.3 Å². The van der Waals surface area contributed by atoms with Gasteiger partial charge in [0.05, 0.1) is 23.1 Å². The minimum atomic E-state index is -1.17. The van der Waals surface area contributed by atoms with Gasteiger partial charge in [0.2, 0.25) is 0 Å². The van der Waals surface area contributed by atoms with Crippen LogP contribution in [0.4, 0.5) is 0 Å². The Kier molecular flexibility index (Phi) is 7.45. The molecule has 0 bridgehead atoms. The van der Waals surface area contributed by atoms with Gasteiger partial charge in [-0.2, -0.15) is 5.26 Å². The van der Waals surface area contributed by atoms with Gasteiger partial charge >= 0.3 is 5.97 Å². The molecule has 6 nitrogen and oxygen atoms in total. The molecule has 1 aromatic rings. The van der Waals surface area contributed by atoms with E-state index in [0.29, 0.717) is 5.71 Å². The van der Waals surface area contributed by atoms with E-state index in [-0.39, 0.29) is 11.5 Å². The first-order chi connectivity index (χ1) is 16.2. The summed E-state index contributed by atoms with van der Waals surface area (Å²) in [7, 11) is 0. The summed E-state index contributed by atoms with van der Waals surface area (Å²) in [6, 6.07) is 9.75. The van der Waals surface area contributed by atoms with Gasteiger partial charge in [-0.15, -0.1) is 0 Å². The van der Waals surface area contributed by atoms with Crippen LogP contribution in [-0.2, 0) is 9.53 Å². The number of nitrogens with zero attached hydrogens (tertiary/aromatic N) is 2. The third-order valence-electron chi connectivity index (χ3n) is 7.55. The molecule has 2 unspecified atom stereocenters. The number of ether oxygens (including phenoxy) is 1. The lowest BCUT2D eigenvalue weighted by Gasteiger charge is -2.59. The molecule has 3 atom stereocenters. The average molecular weight is 478 g/mol. The molecular formula is C29H39N3O3. The van der Waals surface area contributed by atoms with Crippen molar-refractivity contribution in [2.24, 2.45) is 10.8 Å². The molecule has 1 heterocycles. The summed E-state index contributed by atoms with van der Waals surface area (Å²) < 4.78 is 6.21. The monoisotopic (exact) mass is 477 g/mol. The number of likely N-dealkylation sites (tertiary alicyclic amines) is 1. The summed E-state index contributed by atoms with van der Waals surface area (Å²) in [6.07, 6.45) is 4.07. The second-order valence-corrected chi connectivity index (χ2v) is 11.7. The summed E-state index contributed by atoms with van der Waals surface area (Å²) in [5.41, 5.74) is 2.75. The zero-order chi connectivity index (χ0) is 26.2. The third-order valence-corrected chi connectivity index (χ3v) is 7.55. The van der Waals surface area contributed by atoms with Gasteiger partial charge in [0, 0.05) is 11.8 Å². The van der Waals surface area contributed by atoms with Crippen molar-refractivity contribution in [2.45, 2.75) is 79.1 Å². The standard InChI is InChI=1S/C29H39N3O3/c1-19-23(22-12-10-21(11-13-22)9-8-16-30)24(32-17-14-28(6,7)15-18-32)29(19,20(2)31)25(26(33)34)35-27(3,4)5/h8-13,24-25,31H,14-15,17-18H2,1-7H3,(H,33,34)/b9-8+,31-20?/t24?,25-,29?/m1/s1. The number of carboxylic acid groups (broad SMARTS) is 1. The van der Waals surface area contributed by atoms with Crippen LogP contribution < -0.4 is 0 Å². The number of aliphatic carboxylic acids is 1. The normalized spacial score (nSPS) is 25.7. The van der Waals surface area contributed by atoms with Crippen molar-refractivity contribution in [3.8, 4) is 6.07 Å². The van der Waals surface area contributed by atoms with Crippen molar-refractivity contribution in [1.82, 2.24) is 4.90 Å². The van der Waals surface area contributed by atoms with Crippen molar-refractivity contribution in [3.63, 3.8) is 0 Å². The molecule has 0 saturated carbocycles. The predicted octanol–water partition coefficient (Wildman–Crippen LogP) is 5.80. The van der Waals surface area contributed by atoms with Crippen LogP contribution in [0.1, 0.15) is 72.4 Å². The minimum Gasteiger partial charge on any atom is -0.479 e. The van der Waals surface area contributed by atoms with Crippen LogP contribution in [0.5, 0.6) is 0 Å². The van der Waals surface area contributed by atoms with Gasteiger partial charge in [-0.05, 0) is 88.7 Å². The first-order valence-electron chi connectivity index (χ1n) is 12.3. The first-order valence-corrected chi connectivity index (χ1v) is 12.3. The minimum absolute atomic E-state index is 0.240. The van der Waals surface area contributed by atoms with Gasteiger partial charge in [0.1, 0.15) is 0 Å². The molecule has 1 aliphatic carbocycles. The van der Waals surface area contributed by atoms with Gasteiger partial charge in [-0.3, -0.25) is 4.90 Å². The highest BCUT2D eigenvalue weighted by molar-refractivity contribution is 6.04. The quantitative estimate of drug-likeness (QED) is 0.382. The molecule has 1 fully saturated rings. The molecule has 0 amide bonds. The van der Waals surface area contributed by atoms with Crippen molar-refractivity contribution in [2.75, 3.05) is 13.1 Å². The SMILES string of the molecule is CC(=N)C1([C@H](OC(C)(C)C)C(=O)O)C(C)=C(c2ccc(/C=C/C#N)cc2)C1N1CCC(C)(C)CC1. The van der Waals surface area contributed by atoms with E-state index in [1.165, 1.54) is 6.08 Å². The molecule has 2 N–H and O–H groups in total. The summed E-state index contributed by atoms with van der Waals surface area (Å²) >= 11 is 0. The third kappa shape index (κ3) is 5.12. The Labute approximate surface area is 209 Å². The molecule has 0 radical (unpaired) electrons. The summed E-state index contributed by atoms with van der Waals surface area (Å²) in [5, 5.41) is 28.1. The number of nitrogens with one attached hydrogen (secondary N) is 1. The number of nitriles is 1. The first kappa shape index (κ1) is 26.8. The number of allylic oxidation sites excluding steroid dienone is 1. The molecule has 6 heteroatoms. The highest BCUT2D eigenvalue weighted by atomic mass is 16.5. The summed E-state index contributed by atoms with van der Waals surface area (Å²) in [5.74, 6) is -1.04. The fourth-order valence-corrected chi connectivity index (χ4v) is 5.64. The van der Waals surface area contributed by atoms with E-state index in [1.807, 2.05) is 58.0 Å². The molecular weight excluding hydrogens is 438 g/mol. The number of piperidine rings is 1. The highest BCUT2D eigenvalue weighted by Crippen LogP contribution is 2.58. The summed E-state index contributed by atoms with van der Waals surface area (Å²) in [4.78, 5) is 15.1. The van der Waals surface area contributed by atoms with Crippen molar-refractivity contribution >= 4 is 23.3 Å². The van der Waals surface area contributed by atoms with Gasteiger partial charge in [-0.1, -0.05) is 43.7 Å². The van der Waals surface area contributed by atoms with E-state index < -0.39 is 23.1 Å². The van der Waals surface area contributed by atoms with Crippen LogP contribution in [0, 0.1) is 27.6 Å². The fourth-order valence-electron chi connectivity index (χ4n) is 5.64. The Bertz CT molecular complexity index is 1080. The van der Waals surface area contributed by atoms with E-state index in [9.17, 15) is 9.90 Å². The lowest BCUT2D eigenvalue weighted by molar-refractivity contribution is -0.172. The number of hydrogen-bond donors (Lipinski definition) is 2. The van der Waals surface area contributed by atoms with Crippen LogP contribution in [0.15, 0.2) is 35.9 Å². The molecule has 35 heavy (non-hydrogen) atoms. The number of benzene rings is 1. The van der Waals surface area contributed by atoms with E-state index in [1.54, 1.807) is 13.0 Å². The largest absolute Gasteiger partial charge is 0.479 e. The average Bonchev–Trinajstić information content (AvgIpc) is 2.75. The number of rotatable bonds is 7. The lowest BCUT2D eigenvalue weighted by atomic mass is 9.53. The number of carboxylic acids is 1. The maximum atomic E-state index is 12.7. The maximum absolute atomic E-state index is 12.7. The Hall–Kier alpha value is -2.75. The Balaban J connectivity index is 2.17. The van der Waals surface area contributed by atoms with E-state index in [2.05, 4.69) is 18.7 Å². The zero-order valence-corrected chi connectivity index (χ0v) is 22.1. The molecule has 2 aliphatic rings. The molecule has 188 valence electrons. The van der Waals surface area contributed by atoms with Gasteiger partial charge in [0.25, 0.3) is 0 Å². The van der Waals surface area contributed by atoms with Gasteiger partial charge in [-0.25, -0.2) is 4.79 Å². The Morgan fingerprint density at radius 3 is 2.29 bits per heavy atom. The van der Waals surface area contributed by atoms with Crippen LogP contribution in [-0.4, -0.2) is 52.5 Å². The second-order valence-electron chi connectivity index (χ2n) is 11.7. The smallest absolute Gasteiger partial charge is 0.334 e. The van der Waals surface area contributed by atoms with Crippen LogP contribution in [0.3, 0.4) is 0 Å². The van der Waals surface area contributed by atoms with Crippen molar-refractivity contribution < 1.29 is 14.6 Å². The predicted molar refractivity (Wildman–Crippen MR) is 140 cm³/mol. The Morgan fingerprint density at radius 1 is 1.26 bits per heavy atom. The zero-order valence-electron chi connectivity index (χ0n) is 22.1. The van der Waals surface area contributed by atoms with Crippen LogP contribution in [0.2, 0.25) is 0 Å². The highest BCUT2D eigenvalue weighted by Gasteiger charge is 2.63. The lowest BCUT2D eigenvalue weighted by Crippen LogP contribution is -2.68. The molecule has 1 aliphatic heterocycles. The van der Waals surface area contributed by atoms with E-state index in [4.69, 9.17) is 15.4 Å². The number of carbonyl (C=O) groups is 1. The molecule has 3 rings (SSSR count). The van der Waals surface area contributed by atoms with E-state index in [0.717, 1.165) is 48.2 Å². The van der Waals surface area contributed by atoms with E-state index >= 15 is 0 Å². The molecule has 0 spiro atoms. The maximum Gasteiger partial charge on any atom is 0.334 e. The Morgan fingerprint density at radius 2 is 1.83 bits per heavy atom.